The average molecular weight is 654 g/mol. The molecule has 3 aliphatic rings. The topological polar surface area (TPSA) is 134 Å². The Morgan fingerprint density at radius 2 is 1.91 bits per heavy atom. The van der Waals surface area contributed by atoms with E-state index in [0.717, 1.165) is 55.5 Å². The summed E-state index contributed by atoms with van der Waals surface area (Å²) in [6.07, 6.45) is 6.75. The predicted molar refractivity (Wildman–Crippen MR) is 171 cm³/mol. The van der Waals surface area contributed by atoms with Crippen molar-refractivity contribution in [1.82, 2.24) is 19.0 Å². The second kappa shape index (κ2) is 11.6. The van der Waals surface area contributed by atoms with E-state index in [-0.39, 0.29) is 22.3 Å². The van der Waals surface area contributed by atoms with Gasteiger partial charge in [-0.1, -0.05) is 12.1 Å². The maximum absolute atomic E-state index is 14.3. The van der Waals surface area contributed by atoms with Crippen LogP contribution in [0.1, 0.15) is 60.7 Å². The van der Waals surface area contributed by atoms with Gasteiger partial charge in [-0.25, -0.2) is 12.8 Å². The molecule has 0 amide bonds. The summed E-state index contributed by atoms with van der Waals surface area (Å²) in [5, 5.41) is 12.4. The number of nitriles is 1. The van der Waals surface area contributed by atoms with Crippen LogP contribution in [0.4, 0.5) is 4.39 Å². The summed E-state index contributed by atoms with van der Waals surface area (Å²) in [6.45, 7) is 2.27. The van der Waals surface area contributed by atoms with E-state index >= 15 is 0 Å². The molecular weight excluding hydrogens is 621 g/mol. The molecule has 10 nitrogen and oxygen atoms in total. The molecule has 3 aliphatic heterocycles. The molecule has 2 fully saturated rings. The number of aryl methyl sites for hydroxylation is 1. The molecule has 0 aliphatic carbocycles. The van der Waals surface area contributed by atoms with E-state index in [1.807, 2.05) is 41.1 Å². The zero-order valence-electron chi connectivity index (χ0n) is 25.5. The Bertz CT molecular complexity index is 2240. The van der Waals surface area contributed by atoms with Crippen molar-refractivity contribution in [1.29, 1.82) is 5.26 Å². The molecular formula is C35H32FN5O5S. The monoisotopic (exact) mass is 653 g/mol. The number of benzene rings is 2. The fourth-order valence-electron chi connectivity index (χ4n) is 7.49. The van der Waals surface area contributed by atoms with Crippen LogP contribution in [0.25, 0.3) is 33.4 Å². The van der Waals surface area contributed by atoms with Gasteiger partial charge in [0.25, 0.3) is 5.56 Å². The maximum atomic E-state index is 14.3. The van der Waals surface area contributed by atoms with Crippen LogP contribution in [0.2, 0.25) is 0 Å². The first-order chi connectivity index (χ1) is 22.8. The molecule has 47 heavy (non-hydrogen) atoms. The molecule has 0 saturated carbocycles. The summed E-state index contributed by atoms with van der Waals surface area (Å²) in [4.78, 5) is 17.7. The van der Waals surface area contributed by atoms with E-state index in [1.165, 1.54) is 18.2 Å². The van der Waals surface area contributed by atoms with Crippen molar-refractivity contribution in [3.63, 3.8) is 0 Å². The van der Waals surface area contributed by atoms with Crippen LogP contribution in [-0.4, -0.2) is 47.2 Å². The fraction of sp³-hybridized carbons (Fsp3) is 0.343. The van der Waals surface area contributed by atoms with Gasteiger partial charge in [-0.3, -0.25) is 9.78 Å². The largest absolute Gasteiger partial charge is 0.381 e. The first kappa shape index (κ1) is 29.8. The molecule has 6 heterocycles. The summed E-state index contributed by atoms with van der Waals surface area (Å²) < 4.78 is 57.6. The summed E-state index contributed by atoms with van der Waals surface area (Å²) >= 11 is 0. The summed E-state index contributed by atoms with van der Waals surface area (Å²) in [5.74, 6) is 0.152. The highest BCUT2D eigenvalue weighted by Gasteiger charge is 2.49. The van der Waals surface area contributed by atoms with Gasteiger partial charge in [0, 0.05) is 49.0 Å². The molecule has 1 N–H and O–H groups in total. The molecule has 1 atom stereocenters. The highest BCUT2D eigenvalue weighted by atomic mass is 32.2. The Hall–Kier alpha value is -4.57. The fourth-order valence-corrected chi connectivity index (χ4v) is 9.55. The second-order valence-electron chi connectivity index (χ2n) is 12.6. The SMILES string of the molecule is N#Cc1ccc(Cn2ccc3cc(-c4c(-c5cc(=O)[nH]o5)c(CCC5CCOCC5)nc5c4S(=O)(=O)N4CCCC54)ccc32)cc1F. The lowest BCUT2D eigenvalue weighted by Crippen LogP contribution is -2.23. The van der Waals surface area contributed by atoms with Crippen molar-refractivity contribution in [3.8, 4) is 28.5 Å². The highest BCUT2D eigenvalue weighted by molar-refractivity contribution is 7.89. The molecule has 3 aromatic heterocycles. The number of aromatic nitrogens is 3. The standard InChI is InChI=1S/C35H32FN5O5S/c36-26-16-22(3-5-25(26)19-37)20-40-13-9-23-17-24(6-8-28(23)40)32-33(30-18-31(42)39-46-30)27(7-4-21-10-14-45-15-11-21)38-34-29-2-1-12-41(29)47(43,44)35(32)34/h3,5-6,8-9,13,16-18,21,29H,1-2,4,7,10-12,14-15,20H2,(H,39,42). The number of hydrogen-bond donors (Lipinski definition) is 1. The van der Waals surface area contributed by atoms with Gasteiger partial charge in [0.05, 0.1) is 34.6 Å². The number of pyridine rings is 1. The Morgan fingerprint density at radius 3 is 2.68 bits per heavy atom. The third-order valence-corrected chi connectivity index (χ3v) is 11.8. The summed E-state index contributed by atoms with van der Waals surface area (Å²) in [7, 11) is -3.88. The van der Waals surface area contributed by atoms with Crippen molar-refractivity contribution in [2.75, 3.05) is 19.8 Å². The first-order valence-electron chi connectivity index (χ1n) is 15.9. The van der Waals surface area contributed by atoms with Crippen LogP contribution in [0.15, 0.2) is 68.9 Å². The smallest absolute Gasteiger partial charge is 0.280 e. The van der Waals surface area contributed by atoms with Gasteiger partial charge in [-0.05, 0) is 85.9 Å². The van der Waals surface area contributed by atoms with Gasteiger partial charge < -0.3 is 13.8 Å². The third-order valence-electron chi connectivity index (χ3n) is 9.81. The van der Waals surface area contributed by atoms with Crippen LogP contribution < -0.4 is 5.56 Å². The van der Waals surface area contributed by atoms with Gasteiger partial charge in [0.15, 0.2) is 5.76 Å². The second-order valence-corrected chi connectivity index (χ2v) is 14.4. The lowest BCUT2D eigenvalue weighted by atomic mass is 9.89. The van der Waals surface area contributed by atoms with Crippen LogP contribution in [0.3, 0.4) is 0 Å². The van der Waals surface area contributed by atoms with Crippen LogP contribution in [0.5, 0.6) is 0 Å². The van der Waals surface area contributed by atoms with Gasteiger partial charge in [0.2, 0.25) is 10.0 Å². The number of aromatic amines is 1. The average Bonchev–Trinajstić information content (AvgIpc) is 3.86. The number of nitrogens with one attached hydrogen (secondary N) is 1. The zero-order chi connectivity index (χ0) is 32.3. The molecule has 0 radical (unpaired) electrons. The van der Waals surface area contributed by atoms with Crippen LogP contribution in [0, 0.1) is 23.1 Å². The molecule has 2 aromatic carbocycles. The van der Waals surface area contributed by atoms with Crippen molar-refractivity contribution in [2.45, 2.75) is 56.0 Å². The Labute approximate surface area is 270 Å². The van der Waals surface area contributed by atoms with E-state index in [4.69, 9.17) is 19.5 Å². The highest BCUT2D eigenvalue weighted by Crippen LogP contribution is 2.52. The Morgan fingerprint density at radius 1 is 1.06 bits per heavy atom. The number of hydrogen-bond acceptors (Lipinski definition) is 7. The van der Waals surface area contributed by atoms with E-state index < -0.39 is 21.4 Å². The van der Waals surface area contributed by atoms with Gasteiger partial charge in [-0.2, -0.15) is 14.7 Å². The Kier molecular flexibility index (Phi) is 7.35. The summed E-state index contributed by atoms with van der Waals surface area (Å²) in [5.41, 5.74) is 4.15. The minimum atomic E-state index is -3.88. The number of fused-ring (bicyclic) bond motifs is 4. The molecule has 1 unspecified atom stereocenters. The van der Waals surface area contributed by atoms with Gasteiger partial charge in [-0.15, -0.1) is 0 Å². The molecule has 2 saturated heterocycles. The summed E-state index contributed by atoms with van der Waals surface area (Å²) in [6, 6.07) is 15.2. The van der Waals surface area contributed by atoms with E-state index in [2.05, 4.69) is 5.16 Å². The molecule has 240 valence electrons. The van der Waals surface area contributed by atoms with Crippen molar-refractivity contribution in [2.24, 2.45) is 5.92 Å². The minimum Gasteiger partial charge on any atom is -0.381 e. The molecule has 0 spiro atoms. The van der Waals surface area contributed by atoms with E-state index in [1.54, 1.807) is 10.4 Å². The van der Waals surface area contributed by atoms with Crippen LogP contribution >= 0.6 is 0 Å². The number of halogens is 1. The molecule has 12 heteroatoms. The zero-order valence-corrected chi connectivity index (χ0v) is 26.4. The van der Waals surface area contributed by atoms with Crippen LogP contribution in [-0.2, 0) is 27.7 Å². The van der Waals surface area contributed by atoms with E-state index in [9.17, 15) is 17.6 Å². The number of ether oxygens (including phenoxy) is 1. The van der Waals surface area contributed by atoms with Gasteiger partial charge >= 0.3 is 0 Å². The maximum Gasteiger partial charge on any atom is 0.280 e. The normalized spacial score (nSPS) is 19.2. The predicted octanol–water partition coefficient (Wildman–Crippen LogP) is 5.91. The minimum absolute atomic E-state index is 0.00255. The number of rotatable bonds is 7. The quantitative estimate of drug-likeness (QED) is 0.231. The first-order valence-corrected chi connectivity index (χ1v) is 17.4. The number of sulfonamides is 1. The Balaban J connectivity index is 1.29. The molecule has 5 aromatic rings. The number of H-pyrrole nitrogens is 1. The van der Waals surface area contributed by atoms with Crippen molar-refractivity contribution >= 4 is 20.9 Å². The molecule has 8 rings (SSSR count). The van der Waals surface area contributed by atoms with E-state index in [0.29, 0.717) is 59.8 Å². The van der Waals surface area contributed by atoms with Crippen molar-refractivity contribution < 1.29 is 22.1 Å². The third kappa shape index (κ3) is 5.10. The molecule has 0 bridgehead atoms. The van der Waals surface area contributed by atoms with Gasteiger partial charge in [0.1, 0.15) is 16.8 Å². The number of nitrogens with zero attached hydrogens (tertiary/aromatic N) is 4. The lowest BCUT2D eigenvalue weighted by molar-refractivity contribution is 0.0639. The lowest BCUT2D eigenvalue weighted by Gasteiger charge is -2.23. The van der Waals surface area contributed by atoms with Crippen molar-refractivity contribution in [3.05, 3.63) is 93.4 Å².